The SMILES string of the molecule is CC(C)(C)c1ccc(CN(Cc2ccc(F)cc2)Cc2nc(C(=O)N3CCN(C/C=C/c4ccccc4)CC3)cs2)cc1. The third-order valence-corrected chi connectivity index (χ3v) is 8.64. The second-order valence-electron chi connectivity index (χ2n) is 12.3. The largest absolute Gasteiger partial charge is 0.335 e. The molecule has 0 unspecified atom stereocenters. The fourth-order valence-electron chi connectivity index (χ4n) is 5.25. The van der Waals surface area contributed by atoms with Gasteiger partial charge in [0.15, 0.2) is 0 Å². The molecule has 5 rings (SSSR count). The van der Waals surface area contributed by atoms with Crippen LogP contribution in [0.25, 0.3) is 6.08 Å². The summed E-state index contributed by atoms with van der Waals surface area (Å²) in [6.07, 6.45) is 4.34. The van der Waals surface area contributed by atoms with E-state index < -0.39 is 0 Å². The number of amides is 1. The topological polar surface area (TPSA) is 39.7 Å². The Kier molecular flexibility index (Phi) is 10.2. The van der Waals surface area contributed by atoms with Crippen LogP contribution in [0.4, 0.5) is 4.39 Å². The number of aromatic nitrogens is 1. The highest BCUT2D eigenvalue weighted by Crippen LogP contribution is 2.24. The molecule has 1 aliphatic rings. The average molecular weight is 597 g/mol. The molecule has 224 valence electrons. The minimum atomic E-state index is -0.236. The number of piperazine rings is 1. The molecule has 5 nitrogen and oxygen atoms in total. The lowest BCUT2D eigenvalue weighted by Crippen LogP contribution is -2.48. The maximum Gasteiger partial charge on any atom is 0.273 e. The summed E-state index contributed by atoms with van der Waals surface area (Å²) in [6, 6.07) is 25.8. The van der Waals surface area contributed by atoms with Crippen LogP contribution in [0.1, 0.15) is 58.5 Å². The standard InChI is InChI=1S/C36H41FN4OS/c1-36(2,3)31-15-11-29(12-16-31)24-40(25-30-13-17-32(37)18-14-30)26-34-38-33(27-43-34)35(42)41-22-20-39(21-23-41)19-7-10-28-8-5-4-6-9-28/h4-18,27H,19-26H2,1-3H3/b10-7+. The van der Waals surface area contributed by atoms with Crippen LogP contribution in [0.5, 0.6) is 0 Å². The fraction of sp³-hybridized carbons (Fsp3) is 0.333. The Morgan fingerprint density at radius 3 is 2.14 bits per heavy atom. The van der Waals surface area contributed by atoms with Gasteiger partial charge in [-0.05, 0) is 39.8 Å². The van der Waals surface area contributed by atoms with Crippen molar-refractivity contribution in [2.24, 2.45) is 0 Å². The van der Waals surface area contributed by atoms with Crippen LogP contribution in [-0.4, -0.2) is 58.3 Å². The minimum Gasteiger partial charge on any atom is -0.335 e. The van der Waals surface area contributed by atoms with Crippen molar-refractivity contribution in [3.63, 3.8) is 0 Å². The van der Waals surface area contributed by atoms with Gasteiger partial charge in [0, 0.05) is 51.2 Å². The van der Waals surface area contributed by atoms with Gasteiger partial charge in [0.25, 0.3) is 5.91 Å². The Morgan fingerprint density at radius 1 is 0.884 bits per heavy atom. The molecular formula is C36H41FN4OS. The summed E-state index contributed by atoms with van der Waals surface area (Å²) in [5.41, 5.74) is 5.37. The molecule has 1 saturated heterocycles. The van der Waals surface area contributed by atoms with E-state index in [2.05, 4.69) is 79.1 Å². The molecule has 0 aliphatic carbocycles. The highest BCUT2D eigenvalue weighted by molar-refractivity contribution is 7.09. The maximum absolute atomic E-state index is 13.6. The van der Waals surface area contributed by atoms with Crippen molar-refractivity contribution >= 4 is 23.3 Å². The smallest absolute Gasteiger partial charge is 0.273 e. The van der Waals surface area contributed by atoms with E-state index in [0.717, 1.165) is 36.8 Å². The van der Waals surface area contributed by atoms with Gasteiger partial charge < -0.3 is 4.90 Å². The second kappa shape index (κ2) is 14.2. The molecule has 1 aliphatic heterocycles. The van der Waals surface area contributed by atoms with Crippen molar-refractivity contribution in [3.8, 4) is 0 Å². The predicted molar refractivity (Wildman–Crippen MR) is 174 cm³/mol. The Labute approximate surface area is 259 Å². The normalized spacial score (nSPS) is 14.6. The van der Waals surface area contributed by atoms with Crippen LogP contribution in [0, 0.1) is 5.82 Å². The highest BCUT2D eigenvalue weighted by Gasteiger charge is 2.24. The van der Waals surface area contributed by atoms with Crippen LogP contribution < -0.4 is 0 Å². The third kappa shape index (κ3) is 8.92. The van der Waals surface area contributed by atoms with Crippen LogP contribution in [0.15, 0.2) is 90.3 Å². The number of carbonyl (C=O) groups is 1. The van der Waals surface area contributed by atoms with Gasteiger partial charge in [-0.15, -0.1) is 11.3 Å². The first-order valence-electron chi connectivity index (χ1n) is 15.0. The van der Waals surface area contributed by atoms with Crippen molar-refractivity contribution in [2.75, 3.05) is 32.7 Å². The van der Waals surface area contributed by atoms with E-state index in [1.54, 1.807) is 0 Å². The molecule has 0 radical (unpaired) electrons. The molecule has 7 heteroatoms. The highest BCUT2D eigenvalue weighted by atomic mass is 32.1. The van der Waals surface area contributed by atoms with E-state index >= 15 is 0 Å². The molecule has 43 heavy (non-hydrogen) atoms. The quantitative estimate of drug-likeness (QED) is 0.193. The molecule has 0 N–H and O–H groups in total. The van der Waals surface area contributed by atoms with Crippen LogP contribution in [-0.2, 0) is 25.0 Å². The van der Waals surface area contributed by atoms with Gasteiger partial charge >= 0.3 is 0 Å². The van der Waals surface area contributed by atoms with Crippen molar-refractivity contribution in [1.29, 1.82) is 0 Å². The van der Waals surface area contributed by atoms with Crippen molar-refractivity contribution in [2.45, 2.75) is 45.8 Å². The molecule has 3 aromatic carbocycles. The number of halogens is 1. The first kappa shape index (κ1) is 30.8. The lowest BCUT2D eigenvalue weighted by atomic mass is 9.87. The monoisotopic (exact) mass is 596 g/mol. The maximum atomic E-state index is 13.6. The minimum absolute atomic E-state index is 0.00447. The molecule has 0 bridgehead atoms. The molecule has 0 saturated carbocycles. The van der Waals surface area contributed by atoms with Gasteiger partial charge in [-0.25, -0.2) is 9.37 Å². The first-order valence-corrected chi connectivity index (χ1v) is 15.8. The number of rotatable bonds is 10. The summed E-state index contributed by atoms with van der Waals surface area (Å²) in [4.78, 5) is 24.7. The van der Waals surface area contributed by atoms with Crippen molar-refractivity contribution in [1.82, 2.24) is 19.7 Å². The first-order chi connectivity index (χ1) is 20.7. The van der Waals surface area contributed by atoms with Crippen LogP contribution >= 0.6 is 11.3 Å². The van der Waals surface area contributed by atoms with E-state index in [0.29, 0.717) is 31.9 Å². The Bertz CT molecular complexity index is 1490. The Hall–Kier alpha value is -3.65. The summed E-state index contributed by atoms with van der Waals surface area (Å²) in [6.45, 7) is 12.6. The molecule has 4 aromatic rings. The van der Waals surface area contributed by atoms with E-state index in [4.69, 9.17) is 4.98 Å². The van der Waals surface area contributed by atoms with Gasteiger partial charge in [0.2, 0.25) is 0 Å². The number of hydrogen-bond acceptors (Lipinski definition) is 5. The molecule has 2 heterocycles. The lowest BCUT2D eigenvalue weighted by molar-refractivity contribution is 0.0645. The number of nitrogens with zero attached hydrogens (tertiary/aromatic N) is 4. The summed E-state index contributed by atoms with van der Waals surface area (Å²) >= 11 is 1.53. The molecular weight excluding hydrogens is 555 g/mol. The predicted octanol–water partition coefficient (Wildman–Crippen LogP) is 7.25. The number of hydrogen-bond donors (Lipinski definition) is 0. The zero-order chi connectivity index (χ0) is 30.2. The van der Waals surface area contributed by atoms with E-state index in [-0.39, 0.29) is 17.1 Å². The van der Waals surface area contributed by atoms with Gasteiger partial charge in [0.1, 0.15) is 16.5 Å². The van der Waals surface area contributed by atoms with E-state index in [1.165, 1.54) is 40.2 Å². The fourth-order valence-corrected chi connectivity index (χ4v) is 6.06. The molecule has 0 atom stereocenters. The zero-order valence-electron chi connectivity index (χ0n) is 25.4. The van der Waals surface area contributed by atoms with Gasteiger partial charge in [-0.3, -0.25) is 14.6 Å². The molecule has 1 fully saturated rings. The average Bonchev–Trinajstić information content (AvgIpc) is 3.47. The van der Waals surface area contributed by atoms with Gasteiger partial charge in [0.05, 0.1) is 6.54 Å². The van der Waals surface area contributed by atoms with Crippen molar-refractivity contribution in [3.05, 3.63) is 129 Å². The zero-order valence-corrected chi connectivity index (χ0v) is 26.2. The summed E-state index contributed by atoms with van der Waals surface area (Å²) < 4.78 is 13.6. The molecule has 1 amide bonds. The molecule has 1 aromatic heterocycles. The van der Waals surface area contributed by atoms with Crippen molar-refractivity contribution < 1.29 is 9.18 Å². The summed E-state index contributed by atoms with van der Waals surface area (Å²) in [5.74, 6) is -0.231. The summed E-state index contributed by atoms with van der Waals surface area (Å²) in [7, 11) is 0. The number of thiazole rings is 1. The summed E-state index contributed by atoms with van der Waals surface area (Å²) in [5, 5.41) is 2.79. The number of carbonyl (C=O) groups excluding carboxylic acids is 1. The lowest BCUT2D eigenvalue weighted by Gasteiger charge is -2.33. The molecule has 0 spiro atoms. The third-order valence-electron chi connectivity index (χ3n) is 7.81. The van der Waals surface area contributed by atoms with E-state index in [1.807, 2.05) is 40.6 Å². The second-order valence-corrected chi connectivity index (χ2v) is 13.2. The van der Waals surface area contributed by atoms with E-state index in [9.17, 15) is 9.18 Å². The van der Waals surface area contributed by atoms with Crippen LogP contribution in [0.2, 0.25) is 0 Å². The van der Waals surface area contributed by atoms with Gasteiger partial charge in [-0.2, -0.15) is 0 Å². The van der Waals surface area contributed by atoms with Gasteiger partial charge in [-0.1, -0.05) is 99.7 Å². The number of benzene rings is 3. The Balaban J connectivity index is 1.19. The Morgan fingerprint density at radius 2 is 1.51 bits per heavy atom. The van der Waals surface area contributed by atoms with Crippen LogP contribution in [0.3, 0.4) is 0 Å².